The lowest BCUT2D eigenvalue weighted by atomic mass is 10.2. The predicted octanol–water partition coefficient (Wildman–Crippen LogP) is 7.25. The Balaban J connectivity index is 0.00000324. The number of rotatable bonds is 7. The zero-order valence-corrected chi connectivity index (χ0v) is 20.6. The second-order valence-corrected chi connectivity index (χ2v) is 9.59. The topological polar surface area (TPSA) is 96.9 Å². The number of nitrogens with two attached hydrogens (primary N) is 1. The van der Waals surface area contributed by atoms with Crippen molar-refractivity contribution in [2.45, 2.75) is 10.4 Å². The fraction of sp³-hybridized carbons (Fsp3) is 0.0952. The van der Waals surface area contributed by atoms with E-state index in [0.717, 1.165) is 33.4 Å². The number of hydrogen-bond acceptors (Lipinski definition) is 8. The second-order valence-electron chi connectivity index (χ2n) is 6.60. The van der Waals surface area contributed by atoms with Crippen molar-refractivity contribution in [3.63, 3.8) is 0 Å². The van der Waals surface area contributed by atoms with E-state index in [0.29, 0.717) is 15.8 Å². The van der Waals surface area contributed by atoms with Gasteiger partial charge in [0.05, 0.1) is 20.3 Å². The quantitative estimate of drug-likeness (QED) is 0.129. The van der Waals surface area contributed by atoms with E-state index in [2.05, 4.69) is 15.3 Å². The minimum absolute atomic E-state index is 0. The van der Waals surface area contributed by atoms with E-state index < -0.39 is 11.7 Å². The molecule has 3 heterocycles. The number of benzene rings is 1. The number of thiazole rings is 1. The van der Waals surface area contributed by atoms with E-state index in [1.807, 2.05) is 17.7 Å². The van der Waals surface area contributed by atoms with E-state index in [1.165, 1.54) is 28.7 Å². The molecule has 0 bridgehead atoms. The van der Waals surface area contributed by atoms with Crippen LogP contribution in [0.15, 0.2) is 58.3 Å². The third-order valence-electron chi connectivity index (χ3n) is 4.32. The number of amidine groups is 1. The molecule has 0 aliphatic carbocycles. The van der Waals surface area contributed by atoms with E-state index in [-0.39, 0.29) is 24.1 Å². The Labute approximate surface area is 211 Å². The second kappa shape index (κ2) is 10.6. The lowest BCUT2D eigenvalue weighted by Gasteiger charge is -2.08. The smallest absolute Gasteiger partial charge is 0.417 e. The molecule has 0 spiro atoms. The van der Waals surface area contributed by atoms with Crippen LogP contribution >= 0.6 is 46.8 Å². The molecular formula is C21H17ClF3N5OS3. The molecule has 6 nitrogen and oxygen atoms in total. The van der Waals surface area contributed by atoms with Crippen LogP contribution in [0.4, 0.5) is 24.0 Å². The Hall–Kier alpha value is -2.80. The van der Waals surface area contributed by atoms with Gasteiger partial charge in [0.25, 0.3) is 0 Å². The van der Waals surface area contributed by atoms with E-state index in [9.17, 15) is 13.2 Å². The average molecular weight is 544 g/mol. The van der Waals surface area contributed by atoms with Crippen molar-refractivity contribution in [3.8, 4) is 22.9 Å². The van der Waals surface area contributed by atoms with Crippen molar-refractivity contribution in [3.05, 3.63) is 64.5 Å². The van der Waals surface area contributed by atoms with Gasteiger partial charge in [0.2, 0.25) is 5.88 Å². The van der Waals surface area contributed by atoms with E-state index >= 15 is 0 Å². The van der Waals surface area contributed by atoms with Gasteiger partial charge in [-0.05, 0) is 42.7 Å². The van der Waals surface area contributed by atoms with Gasteiger partial charge in [-0.25, -0.2) is 9.97 Å². The maximum Gasteiger partial charge on any atom is 0.417 e. The minimum atomic E-state index is -4.44. The summed E-state index contributed by atoms with van der Waals surface area (Å²) in [5.74, 6) is 0.537. The molecule has 0 fully saturated rings. The molecule has 0 saturated heterocycles. The number of thioether (sulfide) groups is 1. The van der Waals surface area contributed by atoms with Crippen LogP contribution in [0, 0.1) is 5.41 Å². The van der Waals surface area contributed by atoms with Gasteiger partial charge >= 0.3 is 6.18 Å². The van der Waals surface area contributed by atoms with Crippen molar-refractivity contribution in [1.29, 1.82) is 5.41 Å². The molecule has 0 amide bonds. The van der Waals surface area contributed by atoms with Crippen LogP contribution in [0.2, 0.25) is 0 Å². The first-order chi connectivity index (χ1) is 15.7. The summed E-state index contributed by atoms with van der Waals surface area (Å²) in [5.41, 5.74) is 7.29. The first-order valence-corrected chi connectivity index (χ1v) is 12.2. The van der Waals surface area contributed by atoms with Crippen LogP contribution in [0.5, 0.6) is 11.6 Å². The Kier molecular flexibility index (Phi) is 8.08. The number of anilines is 2. The van der Waals surface area contributed by atoms with Crippen molar-refractivity contribution in [2.24, 2.45) is 5.73 Å². The number of thiophene rings is 1. The number of hydrogen-bond donors (Lipinski definition) is 3. The summed E-state index contributed by atoms with van der Waals surface area (Å²) in [6.07, 6.45) is -1.74. The number of halogens is 4. The molecule has 1 aromatic carbocycles. The van der Waals surface area contributed by atoms with Crippen molar-refractivity contribution in [1.82, 2.24) is 9.97 Å². The summed E-state index contributed by atoms with van der Waals surface area (Å²) in [4.78, 5) is 9.04. The fourth-order valence-electron chi connectivity index (χ4n) is 2.75. The molecule has 3 aromatic heterocycles. The van der Waals surface area contributed by atoms with Crippen LogP contribution < -0.4 is 15.8 Å². The highest BCUT2D eigenvalue weighted by Crippen LogP contribution is 2.39. The number of nitrogens with one attached hydrogen (secondary N) is 2. The van der Waals surface area contributed by atoms with Crippen LogP contribution in [-0.4, -0.2) is 22.1 Å². The largest absolute Gasteiger partial charge is 0.439 e. The maximum absolute atomic E-state index is 12.6. The highest BCUT2D eigenvalue weighted by molar-refractivity contribution is 8.00. The number of pyridine rings is 1. The number of ether oxygens (including phenoxy) is 1. The molecule has 4 aromatic rings. The monoisotopic (exact) mass is 543 g/mol. The minimum Gasteiger partial charge on any atom is -0.439 e. The van der Waals surface area contributed by atoms with Gasteiger partial charge in [0, 0.05) is 28.9 Å². The zero-order valence-electron chi connectivity index (χ0n) is 17.3. The standard InChI is InChI=1S/C21H16F3N5OS3.ClH/c1-31-19-14(8-16(33-19)18(25)26)15-10-32-20(29-15)28-12-3-5-13(6-4-12)30-17-7-2-11(9-27-17)21(22,23)24;/h2-10H,1H3,(H3,25,26)(H,28,29);1H. The molecule has 34 heavy (non-hydrogen) atoms. The number of nitrogens with zero attached hydrogens (tertiary/aromatic N) is 2. The highest BCUT2D eigenvalue weighted by atomic mass is 35.5. The van der Waals surface area contributed by atoms with Crippen molar-refractivity contribution < 1.29 is 17.9 Å². The molecule has 4 N–H and O–H groups in total. The lowest BCUT2D eigenvalue weighted by Crippen LogP contribution is -2.08. The van der Waals surface area contributed by atoms with Gasteiger partial charge in [-0.2, -0.15) is 13.2 Å². The molecule has 0 aliphatic heterocycles. The fourth-order valence-corrected chi connectivity index (χ4v) is 5.23. The summed E-state index contributed by atoms with van der Waals surface area (Å²) < 4.78 is 44.4. The highest BCUT2D eigenvalue weighted by Gasteiger charge is 2.30. The molecule has 178 valence electrons. The van der Waals surface area contributed by atoms with E-state index in [1.54, 1.807) is 36.0 Å². The molecular weight excluding hydrogens is 527 g/mol. The first-order valence-electron chi connectivity index (χ1n) is 9.29. The van der Waals surface area contributed by atoms with Gasteiger partial charge in [0.15, 0.2) is 5.13 Å². The summed E-state index contributed by atoms with van der Waals surface area (Å²) in [6.45, 7) is 0. The summed E-state index contributed by atoms with van der Waals surface area (Å²) in [5, 5.41) is 13.5. The number of alkyl halides is 3. The normalized spacial score (nSPS) is 11.1. The van der Waals surface area contributed by atoms with E-state index in [4.69, 9.17) is 15.9 Å². The maximum atomic E-state index is 12.6. The molecule has 4 rings (SSSR count). The molecule has 0 saturated carbocycles. The third-order valence-corrected chi connectivity index (χ3v) is 7.38. The summed E-state index contributed by atoms with van der Waals surface area (Å²) in [6, 6.07) is 10.9. The Morgan fingerprint density at radius 3 is 2.50 bits per heavy atom. The SMILES string of the molecule is CSc1sc(C(=N)N)cc1-c1csc(Nc2ccc(Oc3ccc(C(F)(F)F)cn3)cc2)n1.Cl. The molecule has 0 radical (unpaired) electrons. The third kappa shape index (κ3) is 6.00. The number of nitrogen functional groups attached to an aromatic ring is 1. The average Bonchev–Trinajstić information content (AvgIpc) is 3.42. The molecule has 0 aliphatic rings. The van der Waals surface area contributed by atoms with Gasteiger partial charge in [-0.15, -0.1) is 46.8 Å². The Morgan fingerprint density at radius 2 is 1.91 bits per heavy atom. The van der Waals surface area contributed by atoms with Gasteiger partial charge in [0.1, 0.15) is 11.6 Å². The Bertz CT molecular complexity index is 1270. The predicted molar refractivity (Wildman–Crippen MR) is 135 cm³/mol. The molecule has 13 heteroatoms. The summed E-state index contributed by atoms with van der Waals surface area (Å²) >= 11 is 4.49. The van der Waals surface area contributed by atoms with Gasteiger partial charge in [-0.3, -0.25) is 5.41 Å². The van der Waals surface area contributed by atoms with Crippen molar-refractivity contribution in [2.75, 3.05) is 11.6 Å². The van der Waals surface area contributed by atoms with Crippen LogP contribution in [0.25, 0.3) is 11.3 Å². The number of aromatic nitrogens is 2. The van der Waals surface area contributed by atoms with Crippen molar-refractivity contribution >= 4 is 63.5 Å². The lowest BCUT2D eigenvalue weighted by molar-refractivity contribution is -0.137. The molecule has 0 unspecified atom stereocenters. The van der Waals surface area contributed by atoms with Crippen LogP contribution in [0.3, 0.4) is 0 Å². The zero-order chi connectivity index (χ0) is 23.6. The molecule has 0 atom stereocenters. The van der Waals surface area contributed by atoms with Crippen LogP contribution in [-0.2, 0) is 6.18 Å². The first kappa shape index (κ1) is 25.8. The van der Waals surface area contributed by atoms with Gasteiger partial charge < -0.3 is 15.8 Å². The van der Waals surface area contributed by atoms with Gasteiger partial charge in [-0.1, -0.05) is 0 Å². The Morgan fingerprint density at radius 1 is 1.18 bits per heavy atom. The van der Waals surface area contributed by atoms with Crippen LogP contribution in [0.1, 0.15) is 10.4 Å². The summed E-state index contributed by atoms with van der Waals surface area (Å²) in [7, 11) is 0.